The third-order valence-corrected chi connectivity index (χ3v) is 6.52. The summed E-state index contributed by atoms with van der Waals surface area (Å²) in [6, 6.07) is 0. The summed E-state index contributed by atoms with van der Waals surface area (Å²) < 4.78 is 57.9. The quantitative estimate of drug-likeness (QED) is 0.660. The first-order valence-electron chi connectivity index (χ1n) is 10.9. The van der Waals surface area contributed by atoms with Crippen LogP contribution in [0.1, 0.15) is 70.9 Å². The fraction of sp³-hybridized carbons (Fsp3) is 0.727. The van der Waals surface area contributed by atoms with Gasteiger partial charge < -0.3 is 9.47 Å². The van der Waals surface area contributed by atoms with E-state index in [0.29, 0.717) is 18.3 Å². The van der Waals surface area contributed by atoms with Crippen LogP contribution in [0.15, 0.2) is 12.4 Å². The number of nitrogens with zero attached hydrogens (tertiary/aromatic N) is 4. The van der Waals surface area contributed by atoms with Crippen molar-refractivity contribution in [1.82, 2.24) is 14.5 Å². The van der Waals surface area contributed by atoms with Crippen LogP contribution < -0.4 is 14.2 Å². The number of rotatable bonds is 4. The van der Waals surface area contributed by atoms with Gasteiger partial charge in [-0.1, -0.05) is 20.8 Å². The molecule has 0 bridgehead atoms. The second-order valence-electron chi connectivity index (χ2n) is 10.2. The van der Waals surface area contributed by atoms with Crippen molar-refractivity contribution in [3.63, 3.8) is 0 Å². The molecule has 0 amide bonds. The Morgan fingerprint density at radius 2 is 1.87 bits per heavy atom. The molecule has 2 aliphatic rings. The molecule has 0 saturated heterocycles. The highest BCUT2D eigenvalue weighted by Crippen LogP contribution is 2.44. The minimum atomic E-state index is -4.34. The summed E-state index contributed by atoms with van der Waals surface area (Å²) in [4.78, 5) is 0. The third kappa shape index (κ3) is 3.80. The van der Waals surface area contributed by atoms with Crippen molar-refractivity contribution < 1.29 is 27.3 Å². The van der Waals surface area contributed by atoms with E-state index in [0.717, 1.165) is 30.0 Å². The minimum absolute atomic E-state index is 0.0120. The highest BCUT2D eigenvalue weighted by atomic mass is 19.4. The van der Waals surface area contributed by atoms with Gasteiger partial charge in [-0.2, -0.15) is 18.3 Å². The summed E-state index contributed by atoms with van der Waals surface area (Å²) in [6.45, 7) is 12.6. The maximum absolute atomic E-state index is 13.4. The van der Waals surface area contributed by atoms with Crippen molar-refractivity contribution in [3.05, 3.63) is 23.5 Å². The third-order valence-electron chi connectivity index (χ3n) is 6.52. The lowest BCUT2D eigenvalue weighted by molar-refractivity contribution is -0.778. The predicted octanol–water partition coefficient (Wildman–Crippen LogP) is 4.42. The Morgan fingerprint density at radius 3 is 2.52 bits per heavy atom. The molecule has 2 unspecified atom stereocenters. The highest BCUT2D eigenvalue weighted by molar-refractivity contribution is 5.30. The Kier molecular flexibility index (Phi) is 5.09. The molecule has 4 heterocycles. The zero-order valence-corrected chi connectivity index (χ0v) is 19.1. The van der Waals surface area contributed by atoms with Crippen LogP contribution >= 0.6 is 0 Å². The first-order chi connectivity index (χ1) is 14.3. The number of ether oxygens (including phenoxy) is 2. The van der Waals surface area contributed by atoms with E-state index >= 15 is 0 Å². The van der Waals surface area contributed by atoms with E-state index in [1.807, 2.05) is 6.92 Å². The fourth-order valence-corrected chi connectivity index (χ4v) is 4.28. The van der Waals surface area contributed by atoms with Crippen molar-refractivity contribution in [3.8, 4) is 11.8 Å². The maximum Gasteiger partial charge on any atom is 0.399 e. The second kappa shape index (κ2) is 7.17. The number of hydrogen-bond donors (Lipinski definition) is 0. The number of halogens is 3. The van der Waals surface area contributed by atoms with Gasteiger partial charge in [-0.05, 0) is 26.7 Å². The minimum Gasteiger partial charge on any atom is -0.477 e. The lowest BCUT2D eigenvalue weighted by Gasteiger charge is -2.35. The molecular formula is C22H32F3N4O2+. The number of aromatic nitrogens is 4. The fourth-order valence-electron chi connectivity index (χ4n) is 4.28. The van der Waals surface area contributed by atoms with Crippen LogP contribution in [0.2, 0.25) is 0 Å². The van der Waals surface area contributed by atoms with Crippen molar-refractivity contribution in [1.29, 1.82) is 0 Å². The molecule has 0 spiro atoms. The molecule has 0 radical (unpaired) electrons. The Bertz CT molecular complexity index is 976. The highest BCUT2D eigenvalue weighted by Gasteiger charge is 2.54. The SMILES string of the molecule is CC(C)c1c[n+](CC(C)c2cnn3c2OCC(C)(C(F)(F)F)C3)n2c1OC(C)(C)CC2. The van der Waals surface area contributed by atoms with E-state index in [2.05, 4.69) is 48.4 Å². The molecular weight excluding hydrogens is 409 g/mol. The van der Waals surface area contributed by atoms with Gasteiger partial charge in [-0.15, -0.1) is 9.36 Å². The maximum atomic E-state index is 13.4. The summed E-state index contributed by atoms with van der Waals surface area (Å²) in [6.07, 6.45) is 0.342. The van der Waals surface area contributed by atoms with Crippen LogP contribution in [0.3, 0.4) is 0 Å². The van der Waals surface area contributed by atoms with Crippen LogP contribution in [0, 0.1) is 5.41 Å². The van der Waals surface area contributed by atoms with Gasteiger partial charge in [-0.25, -0.2) is 4.68 Å². The van der Waals surface area contributed by atoms with Gasteiger partial charge in [0.1, 0.15) is 17.6 Å². The first-order valence-corrected chi connectivity index (χ1v) is 10.9. The topological polar surface area (TPSA) is 45.1 Å². The molecule has 4 rings (SSSR count). The van der Waals surface area contributed by atoms with E-state index in [9.17, 15) is 13.2 Å². The molecule has 6 nitrogen and oxygen atoms in total. The van der Waals surface area contributed by atoms with Crippen molar-refractivity contribution >= 4 is 0 Å². The summed E-state index contributed by atoms with van der Waals surface area (Å²) >= 11 is 0. The molecule has 31 heavy (non-hydrogen) atoms. The van der Waals surface area contributed by atoms with E-state index in [1.165, 1.54) is 11.6 Å². The van der Waals surface area contributed by atoms with Gasteiger partial charge in [0.15, 0.2) is 6.54 Å². The summed E-state index contributed by atoms with van der Waals surface area (Å²) in [7, 11) is 0. The first kappa shape index (κ1) is 22.0. The molecule has 2 aromatic heterocycles. The summed E-state index contributed by atoms with van der Waals surface area (Å²) in [5.74, 6) is 1.69. The van der Waals surface area contributed by atoms with Crippen molar-refractivity contribution in [2.24, 2.45) is 5.41 Å². The standard InChI is InChI=1S/C22H32F3N4O2/c1-14(2)17-11-27(29-8-7-20(4,5)31-19(17)29)10-15(3)16-9-26-28-12-21(6,22(23,24)25)13-30-18(16)28/h9,11,14-15H,7-8,10,12-13H2,1-6H3/q+1. The van der Waals surface area contributed by atoms with Crippen LogP contribution in [-0.2, 0) is 19.6 Å². The van der Waals surface area contributed by atoms with Gasteiger partial charge in [0.2, 0.25) is 12.1 Å². The number of alkyl halides is 3. The largest absolute Gasteiger partial charge is 0.477 e. The van der Waals surface area contributed by atoms with Crippen molar-refractivity contribution in [2.45, 2.75) is 91.2 Å². The van der Waals surface area contributed by atoms with Crippen LogP contribution in [0.25, 0.3) is 0 Å². The molecule has 0 N–H and O–H groups in total. The Morgan fingerprint density at radius 1 is 1.16 bits per heavy atom. The Balaban J connectivity index is 1.59. The molecule has 2 aliphatic heterocycles. The molecule has 2 atom stereocenters. The average Bonchev–Trinajstić information content (AvgIpc) is 3.20. The smallest absolute Gasteiger partial charge is 0.399 e. The normalized spacial score (nSPS) is 23.7. The van der Waals surface area contributed by atoms with Gasteiger partial charge >= 0.3 is 6.18 Å². The van der Waals surface area contributed by atoms with Gasteiger partial charge in [0, 0.05) is 17.9 Å². The monoisotopic (exact) mass is 441 g/mol. The zero-order chi connectivity index (χ0) is 22.8. The van der Waals surface area contributed by atoms with Gasteiger partial charge in [-0.3, -0.25) is 0 Å². The number of fused-ring (bicyclic) bond motifs is 2. The zero-order valence-electron chi connectivity index (χ0n) is 19.1. The lowest BCUT2D eigenvalue weighted by Crippen LogP contribution is -2.48. The second-order valence-corrected chi connectivity index (χ2v) is 10.2. The average molecular weight is 442 g/mol. The van der Waals surface area contributed by atoms with Gasteiger partial charge in [0.05, 0.1) is 24.8 Å². The molecule has 0 fully saturated rings. The Labute approximate surface area is 180 Å². The molecule has 9 heteroatoms. The van der Waals surface area contributed by atoms with E-state index in [4.69, 9.17) is 9.47 Å². The summed E-state index contributed by atoms with van der Waals surface area (Å²) in [5, 5.41) is 4.22. The lowest BCUT2D eigenvalue weighted by atomic mass is 9.90. The molecule has 0 aromatic carbocycles. The van der Waals surface area contributed by atoms with Gasteiger partial charge in [0.25, 0.3) is 5.88 Å². The molecule has 0 aliphatic carbocycles. The predicted molar refractivity (Wildman–Crippen MR) is 108 cm³/mol. The molecule has 2 aromatic rings. The van der Waals surface area contributed by atoms with Crippen LogP contribution in [0.4, 0.5) is 13.2 Å². The van der Waals surface area contributed by atoms with Crippen LogP contribution in [0.5, 0.6) is 11.8 Å². The van der Waals surface area contributed by atoms with E-state index in [1.54, 1.807) is 6.20 Å². The van der Waals surface area contributed by atoms with E-state index in [-0.39, 0.29) is 18.1 Å². The number of hydrogen-bond acceptors (Lipinski definition) is 3. The van der Waals surface area contributed by atoms with Crippen molar-refractivity contribution in [2.75, 3.05) is 6.61 Å². The molecule has 0 saturated carbocycles. The summed E-state index contributed by atoms with van der Waals surface area (Å²) in [5.41, 5.74) is -0.145. The molecule has 172 valence electrons. The Hall–Kier alpha value is -2.19. The van der Waals surface area contributed by atoms with Crippen LogP contribution in [-0.4, -0.2) is 32.8 Å². The van der Waals surface area contributed by atoms with E-state index < -0.39 is 18.2 Å².